The van der Waals surface area contributed by atoms with Crippen LogP contribution in [0, 0.1) is 0 Å². The fourth-order valence-electron chi connectivity index (χ4n) is 2.20. The molecule has 0 spiro atoms. The molecule has 1 aromatic rings. The molecule has 0 aliphatic carbocycles. The monoisotopic (exact) mass is 272 g/mol. The largest absolute Gasteiger partial charge is 0.309 e. The van der Waals surface area contributed by atoms with Gasteiger partial charge in [-0.1, -0.05) is 0 Å². The summed E-state index contributed by atoms with van der Waals surface area (Å²) in [4.78, 5) is 12.2. The number of nitrogens with zero attached hydrogens (tertiary/aromatic N) is 2. The van der Waals surface area contributed by atoms with Crippen LogP contribution in [0.3, 0.4) is 0 Å². The summed E-state index contributed by atoms with van der Waals surface area (Å²) in [7, 11) is 0. The van der Waals surface area contributed by atoms with Crippen LogP contribution in [-0.2, 0) is 11.3 Å². The Morgan fingerprint density at radius 1 is 1.61 bits per heavy atom. The van der Waals surface area contributed by atoms with E-state index in [0.29, 0.717) is 0 Å². The fourth-order valence-corrected chi connectivity index (χ4v) is 2.20. The predicted molar refractivity (Wildman–Crippen MR) is 74.0 cm³/mol. The minimum atomic E-state index is -0.443. The first-order valence-electron chi connectivity index (χ1n) is 6.24. The van der Waals surface area contributed by atoms with Crippen LogP contribution >= 0.6 is 12.4 Å². The zero-order valence-electron chi connectivity index (χ0n) is 10.9. The quantitative estimate of drug-likeness (QED) is 0.882. The maximum Gasteiger partial charge on any atom is 0.245 e. The molecule has 1 fully saturated rings. The number of hydrogen-bond acceptors (Lipinski definition) is 3. The fraction of sp³-hybridized carbons (Fsp3) is 0.667. The Labute approximate surface area is 114 Å². The van der Waals surface area contributed by atoms with E-state index in [2.05, 4.69) is 15.7 Å². The Morgan fingerprint density at radius 3 is 3.00 bits per heavy atom. The van der Waals surface area contributed by atoms with E-state index in [4.69, 9.17) is 0 Å². The van der Waals surface area contributed by atoms with Crippen molar-refractivity contribution in [2.75, 3.05) is 11.9 Å². The molecule has 1 amide bonds. The van der Waals surface area contributed by atoms with Gasteiger partial charge in [-0.25, -0.2) is 4.68 Å². The topological polar surface area (TPSA) is 59.0 Å². The summed E-state index contributed by atoms with van der Waals surface area (Å²) < 4.78 is 1.78. The van der Waals surface area contributed by atoms with Gasteiger partial charge in [0.1, 0.15) is 5.82 Å². The SMILES string of the molecule is CCn1nccc1NC(=O)C1(C)CCCCN1.Cl. The summed E-state index contributed by atoms with van der Waals surface area (Å²) >= 11 is 0. The molecule has 102 valence electrons. The molecule has 1 atom stereocenters. The lowest BCUT2D eigenvalue weighted by Gasteiger charge is -2.33. The molecule has 1 aliphatic rings. The number of aryl methyl sites for hydroxylation is 1. The summed E-state index contributed by atoms with van der Waals surface area (Å²) in [5.41, 5.74) is -0.443. The average molecular weight is 273 g/mol. The molecule has 2 N–H and O–H groups in total. The van der Waals surface area contributed by atoms with Crippen LogP contribution in [0.4, 0.5) is 5.82 Å². The zero-order chi connectivity index (χ0) is 12.3. The van der Waals surface area contributed by atoms with Crippen LogP contribution < -0.4 is 10.6 Å². The normalized spacial score (nSPS) is 23.2. The molecular weight excluding hydrogens is 252 g/mol. The highest BCUT2D eigenvalue weighted by atomic mass is 35.5. The van der Waals surface area contributed by atoms with E-state index in [1.54, 1.807) is 10.9 Å². The van der Waals surface area contributed by atoms with Crippen molar-refractivity contribution in [3.8, 4) is 0 Å². The van der Waals surface area contributed by atoms with Crippen molar-refractivity contribution < 1.29 is 4.79 Å². The van der Waals surface area contributed by atoms with E-state index in [0.717, 1.165) is 38.2 Å². The molecule has 0 aromatic carbocycles. The molecule has 1 saturated heterocycles. The van der Waals surface area contributed by atoms with Crippen molar-refractivity contribution in [1.82, 2.24) is 15.1 Å². The van der Waals surface area contributed by atoms with Crippen LogP contribution in [-0.4, -0.2) is 27.8 Å². The van der Waals surface area contributed by atoms with E-state index in [1.807, 2.05) is 19.9 Å². The second-order valence-corrected chi connectivity index (χ2v) is 4.70. The number of hydrogen-bond donors (Lipinski definition) is 2. The van der Waals surface area contributed by atoms with Gasteiger partial charge in [0.2, 0.25) is 5.91 Å². The Balaban J connectivity index is 0.00000162. The molecule has 6 heteroatoms. The first kappa shape index (κ1) is 15.0. The molecule has 0 saturated carbocycles. The number of piperidine rings is 1. The number of carbonyl (C=O) groups is 1. The van der Waals surface area contributed by atoms with E-state index in [1.165, 1.54) is 0 Å². The summed E-state index contributed by atoms with van der Waals surface area (Å²) in [6.45, 7) is 5.64. The van der Waals surface area contributed by atoms with Crippen LogP contribution in [0.25, 0.3) is 0 Å². The van der Waals surface area contributed by atoms with Gasteiger partial charge in [0.25, 0.3) is 0 Å². The number of carbonyl (C=O) groups excluding carboxylic acids is 1. The van der Waals surface area contributed by atoms with Gasteiger partial charge in [0.05, 0.1) is 11.7 Å². The minimum Gasteiger partial charge on any atom is -0.309 e. The minimum absolute atomic E-state index is 0. The van der Waals surface area contributed by atoms with Crippen LogP contribution in [0.1, 0.15) is 33.1 Å². The summed E-state index contributed by atoms with van der Waals surface area (Å²) in [5, 5.41) is 10.4. The highest BCUT2D eigenvalue weighted by molar-refractivity contribution is 5.97. The summed E-state index contributed by atoms with van der Waals surface area (Å²) in [6.07, 6.45) is 4.84. The molecule has 0 bridgehead atoms. The lowest BCUT2D eigenvalue weighted by atomic mass is 9.90. The second-order valence-electron chi connectivity index (χ2n) is 4.70. The third kappa shape index (κ3) is 3.03. The van der Waals surface area contributed by atoms with Gasteiger partial charge in [-0.2, -0.15) is 5.10 Å². The number of anilines is 1. The molecule has 2 heterocycles. The summed E-state index contributed by atoms with van der Waals surface area (Å²) in [6, 6.07) is 1.83. The first-order valence-corrected chi connectivity index (χ1v) is 6.24. The van der Waals surface area contributed by atoms with E-state index >= 15 is 0 Å². The van der Waals surface area contributed by atoms with Gasteiger partial charge in [-0.3, -0.25) is 4.79 Å². The van der Waals surface area contributed by atoms with Crippen molar-refractivity contribution >= 4 is 24.1 Å². The van der Waals surface area contributed by atoms with Crippen molar-refractivity contribution in [3.63, 3.8) is 0 Å². The maximum atomic E-state index is 12.2. The van der Waals surface area contributed by atoms with Gasteiger partial charge in [-0.15, -0.1) is 12.4 Å². The molecule has 1 aliphatic heterocycles. The molecule has 5 nitrogen and oxygen atoms in total. The maximum absolute atomic E-state index is 12.2. The number of amides is 1. The predicted octanol–water partition coefficient (Wildman–Crippen LogP) is 1.80. The van der Waals surface area contributed by atoms with Crippen molar-refractivity contribution in [1.29, 1.82) is 0 Å². The van der Waals surface area contributed by atoms with Crippen LogP contribution in [0.2, 0.25) is 0 Å². The molecule has 2 rings (SSSR count). The Morgan fingerprint density at radius 2 is 2.39 bits per heavy atom. The Hall–Kier alpha value is -1.07. The highest BCUT2D eigenvalue weighted by Crippen LogP contribution is 2.20. The van der Waals surface area contributed by atoms with Gasteiger partial charge < -0.3 is 10.6 Å². The average Bonchev–Trinajstić information content (AvgIpc) is 2.77. The van der Waals surface area contributed by atoms with Crippen LogP contribution in [0.5, 0.6) is 0 Å². The van der Waals surface area contributed by atoms with Gasteiger partial charge in [-0.05, 0) is 39.7 Å². The van der Waals surface area contributed by atoms with Gasteiger partial charge >= 0.3 is 0 Å². The molecule has 1 unspecified atom stereocenters. The second kappa shape index (κ2) is 6.20. The first-order chi connectivity index (χ1) is 8.15. The number of halogens is 1. The zero-order valence-corrected chi connectivity index (χ0v) is 11.7. The lowest BCUT2D eigenvalue weighted by molar-refractivity contribution is -0.122. The number of nitrogens with one attached hydrogen (secondary N) is 2. The van der Waals surface area contributed by atoms with Crippen LogP contribution in [0.15, 0.2) is 12.3 Å². The summed E-state index contributed by atoms with van der Waals surface area (Å²) in [5.74, 6) is 0.804. The van der Waals surface area contributed by atoms with Gasteiger partial charge in [0, 0.05) is 12.6 Å². The smallest absolute Gasteiger partial charge is 0.245 e. The van der Waals surface area contributed by atoms with Crippen molar-refractivity contribution in [2.24, 2.45) is 0 Å². The van der Waals surface area contributed by atoms with E-state index in [9.17, 15) is 4.79 Å². The number of aromatic nitrogens is 2. The lowest BCUT2D eigenvalue weighted by Crippen LogP contribution is -2.54. The van der Waals surface area contributed by atoms with Crippen molar-refractivity contribution in [2.45, 2.75) is 45.2 Å². The van der Waals surface area contributed by atoms with Gasteiger partial charge in [0.15, 0.2) is 0 Å². The third-order valence-electron chi connectivity index (χ3n) is 3.38. The Bertz CT molecular complexity index is 399. The highest BCUT2D eigenvalue weighted by Gasteiger charge is 2.34. The van der Waals surface area contributed by atoms with Crippen molar-refractivity contribution in [3.05, 3.63) is 12.3 Å². The van der Waals surface area contributed by atoms with E-state index in [-0.39, 0.29) is 18.3 Å². The van der Waals surface area contributed by atoms with E-state index < -0.39 is 5.54 Å². The standard InChI is InChI=1S/C12H20N4O.ClH/c1-3-16-10(6-9-14-16)15-11(17)12(2)7-4-5-8-13-12;/h6,9,13H,3-5,7-8H2,1-2H3,(H,15,17);1H. The number of rotatable bonds is 3. The third-order valence-corrected chi connectivity index (χ3v) is 3.38. The molecule has 1 aromatic heterocycles. The molecule has 0 radical (unpaired) electrons. The Kier molecular flexibility index (Phi) is 5.16. The molecule has 18 heavy (non-hydrogen) atoms. The molecular formula is C12H21ClN4O.